The SMILES string of the molecule is CC(=O)NCC(=O)N[C@H]1CCC(=O)NCCCCCNC(=O)CNC(=O)CNC(=O)[C@@H](Cc2cccc3ccccc23)NC(=O)[C@H](C)N(CC(C)OCc2ccccc2)C1=O. The molecule has 328 valence electrons. The number of amides is 8. The van der Waals surface area contributed by atoms with Crippen molar-refractivity contribution in [2.45, 2.75) is 90.1 Å². The number of rotatable bonds is 10. The summed E-state index contributed by atoms with van der Waals surface area (Å²) < 4.78 is 6.11. The molecule has 17 heteroatoms. The topological polar surface area (TPSA) is 233 Å². The summed E-state index contributed by atoms with van der Waals surface area (Å²) >= 11 is 0. The number of fused-ring (bicyclic) bond motifs is 1. The molecule has 17 nitrogen and oxygen atoms in total. The minimum absolute atomic E-state index is 0.0111. The Morgan fingerprint density at radius 2 is 1.44 bits per heavy atom. The third-order valence-electron chi connectivity index (χ3n) is 10.1. The van der Waals surface area contributed by atoms with E-state index in [0.29, 0.717) is 32.4 Å². The van der Waals surface area contributed by atoms with E-state index in [1.807, 2.05) is 72.8 Å². The van der Waals surface area contributed by atoms with Gasteiger partial charge in [-0.1, -0.05) is 72.8 Å². The molecule has 4 atom stereocenters. The van der Waals surface area contributed by atoms with Crippen LogP contribution in [0.3, 0.4) is 0 Å². The molecule has 61 heavy (non-hydrogen) atoms. The van der Waals surface area contributed by atoms with Crippen LogP contribution < -0.4 is 37.2 Å². The van der Waals surface area contributed by atoms with Gasteiger partial charge in [0.05, 0.1) is 32.3 Å². The van der Waals surface area contributed by atoms with Crippen LogP contribution in [0.2, 0.25) is 0 Å². The average molecular weight is 843 g/mol. The van der Waals surface area contributed by atoms with Gasteiger partial charge in [0.25, 0.3) is 0 Å². The van der Waals surface area contributed by atoms with Gasteiger partial charge in [-0.25, -0.2) is 0 Å². The van der Waals surface area contributed by atoms with Gasteiger partial charge in [-0.15, -0.1) is 0 Å². The van der Waals surface area contributed by atoms with Crippen LogP contribution in [0.5, 0.6) is 0 Å². The molecule has 0 bridgehead atoms. The standard InChI is InChI=1S/C44H58N8O9/c1-29(61-28-32-13-6-4-7-14-32)27-52-30(2)42(58)51-37(23-34-17-12-16-33-15-8-9-18-35(33)34)43(59)49-25-40(56)48-24-39(55)46-22-11-5-10-21-45-38(54)20-19-36(44(52)60)50-41(57)26-47-31(3)53/h4,6-9,12-18,29-30,36-37H,5,10-11,19-28H2,1-3H3,(H,45,54)(H,46,55)(H,47,53)(H,48,56)(H,49,59)(H,50,57)(H,51,58)/t29?,30-,36-,37+/m0/s1. The largest absolute Gasteiger partial charge is 0.372 e. The van der Waals surface area contributed by atoms with Gasteiger partial charge < -0.3 is 46.9 Å². The Morgan fingerprint density at radius 1 is 0.787 bits per heavy atom. The van der Waals surface area contributed by atoms with E-state index in [0.717, 1.165) is 21.9 Å². The van der Waals surface area contributed by atoms with Crippen LogP contribution in [0, 0.1) is 0 Å². The summed E-state index contributed by atoms with van der Waals surface area (Å²) in [7, 11) is 0. The predicted molar refractivity (Wildman–Crippen MR) is 227 cm³/mol. The maximum Gasteiger partial charge on any atom is 0.245 e. The Hall–Kier alpha value is -6.36. The number of hydrogen-bond acceptors (Lipinski definition) is 9. The molecule has 1 unspecified atom stereocenters. The van der Waals surface area contributed by atoms with Crippen LogP contribution in [-0.2, 0) is 56.1 Å². The third kappa shape index (κ3) is 16.3. The monoisotopic (exact) mass is 842 g/mol. The van der Waals surface area contributed by atoms with Gasteiger partial charge in [-0.3, -0.25) is 38.4 Å². The van der Waals surface area contributed by atoms with E-state index in [4.69, 9.17) is 4.74 Å². The summed E-state index contributed by atoms with van der Waals surface area (Å²) in [5.74, 6) is -4.64. The van der Waals surface area contributed by atoms with Crippen LogP contribution in [0.1, 0.15) is 64.0 Å². The first-order valence-electron chi connectivity index (χ1n) is 20.6. The molecule has 3 aromatic carbocycles. The van der Waals surface area contributed by atoms with Gasteiger partial charge in [-0.2, -0.15) is 0 Å². The highest BCUT2D eigenvalue weighted by Crippen LogP contribution is 2.20. The number of nitrogens with one attached hydrogen (secondary N) is 7. The van der Waals surface area contributed by atoms with Gasteiger partial charge in [0.15, 0.2) is 0 Å². The van der Waals surface area contributed by atoms with E-state index < -0.39 is 78.7 Å². The van der Waals surface area contributed by atoms with Crippen molar-refractivity contribution in [3.63, 3.8) is 0 Å². The second-order valence-electron chi connectivity index (χ2n) is 15.0. The molecule has 0 radical (unpaired) electrons. The van der Waals surface area contributed by atoms with Gasteiger partial charge in [0.1, 0.15) is 18.1 Å². The molecule has 0 spiro atoms. The fraction of sp³-hybridized carbons (Fsp3) is 0.455. The van der Waals surface area contributed by atoms with Crippen molar-refractivity contribution >= 4 is 58.0 Å². The van der Waals surface area contributed by atoms with Crippen LogP contribution >= 0.6 is 0 Å². The van der Waals surface area contributed by atoms with E-state index in [-0.39, 0.29) is 44.9 Å². The van der Waals surface area contributed by atoms with Crippen molar-refractivity contribution in [2.24, 2.45) is 0 Å². The van der Waals surface area contributed by atoms with Crippen LogP contribution in [0.4, 0.5) is 0 Å². The fourth-order valence-corrected chi connectivity index (χ4v) is 6.66. The zero-order chi connectivity index (χ0) is 44.1. The lowest BCUT2D eigenvalue weighted by Gasteiger charge is -2.34. The number of carbonyl (C=O) groups excluding carboxylic acids is 8. The van der Waals surface area contributed by atoms with Crippen molar-refractivity contribution in [1.82, 2.24) is 42.1 Å². The first kappa shape index (κ1) is 47.3. The van der Waals surface area contributed by atoms with Crippen LogP contribution in [-0.4, -0.2) is 116 Å². The Labute approximate surface area is 355 Å². The Kier molecular flexibility index (Phi) is 19.1. The molecule has 4 rings (SSSR count). The summed E-state index contributed by atoms with van der Waals surface area (Å²) in [5, 5.41) is 20.2. The molecule has 8 amide bonds. The molecule has 0 aliphatic carbocycles. The lowest BCUT2D eigenvalue weighted by Crippen LogP contribution is -2.59. The number of benzene rings is 3. The van der Waals surface area contributed by atoms with E-state index in [1.54, 1.807) is 6.92 Å². The van der Waals surface area contributed by atoms with Gasteiger partial charge in [0.2, 0.25) is 47.3 Å². The molecule has 7 N–H and O–H groups in total. The Morgan fingerprint density at radius 3 is 2.18 bits per heavy atom. The molecule has 1 heterocycles. The van der Waals surface area contributed by atoms with E-state index in [2.05, 4.69) is 37.2 Å². The number of ether oxygens (including phenoxy) is 1. The van der Waals surface area contributed by atoms with Crippen LogP contribution in [0.15, 0.2) is 72.8 Å². The molecule has 0 saturated carbocycles. The number of carbonyl (C=O) groups is 8. The second kappa shape index (κ2) is 24.7. The molecular formula is C44H58N8O9. The summed E-state index contributed by atoms with van der Waals surface area (Å²) in [4.78, 5) is 107. The molecular weight excluding hydrogens is 785 g/mol. The van der Waals surface area contributed by atoms with Crippen LogP contribution in [0.25, 0.3) is 10.8 Å². The van der Waals surface area contributed by atoms with Crippen molar-refractivity contribution in [3.8, 4) is 0 Å². The van der Waals surface area contributed by atoms with Gasteiger partial charge >= 0.3 is 0 Å². The van der Waals surface area contributed by atoms with Gasteiger partial charge in [-0.05, 0) is 61.4 Å². The highest BCUT2D eigenvalue weighted by molar-refractivity contribution is 5.96. The lowest BCUT2D eigenvalue weighted by atomic mass is 9.98. The lowest BCUT2D eigenvalue weighted by molar-refractivity contribution is -0.145. The molecule has 1 aliphatic rings. The first-order chi connectivity index (χ1) is 29.3. The van der Waals surface area contributed by atoms with Crippen molar-refractivity contribution < 1.29 is 43.1 Å². The summed E-state index contributed by atoms with van der Waals surface area (Å²) in [5.41, 5.74) is 1.61. The summed E-state index contributed by atoms with van der Waals surface area (Å²) in [6, 6.07) is 18.7. The smallest absolute Gasteiger partial charge is 0.245 e. The average Bonchev–Trinajstić information content (AvgIpc) is 3.25. The van der Waals surface area contributed by atoms with E-state index >= 15 is 0 Å². The minimum Gasteiger partial charge on any atom is -0.372 e. The molecule has 0 aromatic heterocycles. The van der Waals surface area contributed by atoms with Crippen molar-refractivity contribution in [2.75, 3.05) is 39.3 Å². The maximum absolute atomic E-state index is 14.6. The van der Waals surface area contributed by atoms with E-state index in [1.165, 1.54) is 18.7 Å². The van der Waals surface area contributed by atoms with Crippen molar-refractivity contribution in [1.29, 1.82) is 0 Å². The summed E-state index contributed by atoms with van der Waals surface area (Å²) in [6.07, 6.45) is 0.988. The first-order valence-corrected chi connectivity index (χ1v) is 20.6. The minimum atomic E-state index is -1.30. The third-order valence-corrected chi connectivity index (χ3v) is 10.1. The van der Waals surface area contributed by atoms with Crippen molar-refractivity contribution in [3.05, 3.63) is 83.9 Å². The maximum atomic E-state index is 14.6. The normalized spacial score (nSPS) is 20.2. The van der Waals surface area contributed by atoms with Gasteiger partial charge in [0, 0.05) is 39.4 Å². The molecule has 1 fully saturated rings. The Balaban J connectivity index is 1.67. The number of hydrogen-bond donors (Lipinski definition) is 7. The van der Waals surface area contributed by atoms with E-state index in [9.17, 15) is 38.4 Å². The quantitative estimate of drug-likeness (QED) is 0.152. The fourth-order valence-electron chi connectivity index (χ4n) is 6.66. The molecule has 1 aliphatic heterocycles. The predicted octanol–water partition coefficient (Wildman–Crippen LogP) is 0.739. The summed E-state index contributed by atoms with van der Waals surface area (Å²) in [6.45, 7) is 4.01. The molecule has 3 aromatic rings. The Bertz CT molecular complexity index is 1990. The molecule has 1 saturated heterocycles. The second-order valence-corrected chi connectivity index (χ2v) is 15.0. The highest BCUT2D eigenvalue weighted by Gasteiger charge is 2.35. The zero-order valence-corrected chi connectivity index (χ0v) is 35.1. The number of nitrogens with zero attached hydrogens (tertiary/aromatic N) is 1. The zero-order valence-electron chi connectivity index (χ0n) is 35.1. The highest BCUT2D eigenvalue weighted by atomic mass is 16.5.